The fourth-order valence-electron chi connectivity index (χ4n) is 3.91. The lowest BCUT2D eigenvalue weighted by Crippen LogP contribution is -2.30. The number of thiazole rings is 1. The Morgan fingerprint density at radius 1 is 1.12 bits per heavy atom. The monoisotopic (exact) mass is 473 g/mol. The molecule has 1 amide bonds. The van der Waals surface area contributed by atoms with Crippen LogP contribution in [0, 0.1) is 6.92 Å². The second kappa shape index (κ2) is 8.73. The number of pyridine rings is 1. The van der Waals surface area contributed by atoms with Crippen LogP contribution in [0.2, 0.25) is 0 Å². The largest absolute Gasteiger partial charge is 0.503 e. The van der Waals surface area contributed by atoms with Crippen molar-refractivity contribution in [3.63, 3.8) is 0 Å². The summed E-state index contributed by atoms with van der Waals surface area (Å²) in [5.41, 5.74) is 2.40. The lowest BCUT2D eigenvalue weighted by atomic mass is 10.00. The number of Topliss-reactive ketones (excluding diaryl/α,β-unsaturated/α-hetero) is 1. The summed E-state index contributed by atoms with van der Waals surface area (Å²) >= 11 is 2.71. The molecule has 0 bridgehead atoms. The van der Waals surface area contributed by atoms with Gasteiger partial charge in [-0.05, 0) is 30.0 Å². The summed E-state index contributed by atoms with van der Waals surface area (Å²) in [6, 6.07) is 16.4. The van der Waals surface area contributed by atoms with Crippen LogP contribution >= 0.6 is 22.7 Å². The van der Waals surface area contributed by atoms with Gasteiger partial charge in [0, 0.05) is 29.4 Å². The van der Waals surface area contributed by atoms with Crippen molar-refractivity contribution in [1.82, 2.24) is 14.9 Å². The molecule has 1 N–H and O–H groups in total. The number of thiophene rings is 1. The van der Waals surface area contributed by atoms with Crippen LogP contribution in [0.25, 0.3) is 10.6 Å². The number of aryl methyl sites for hydroxylation is 1. The standard InChI is InChI=1S/C25H19N3O3S2/c1-15-23(33-24(27-15)17-8-3-2-4-9-17)21(29)19-20(18-10-6-12-32-18)28(25(31)22(19)30)14-16-7-5-11-26-13-16/h2-13,20,30H,14H2,1H3. The van der Waals surface area contributed by atoms with Crippen molar-refractivity contribution in [2.24, 2.45) is 0 Å². The number of ketones is 1. The molecule has 5 rings (SSSR count). The van der Waals surface area contributed by atoms with Crippen LogP contribution in [-0.4, -0.2) is 31.7 Å². The van der Waals surface area contributed by atoms with E-state index in [1.165, 1.54) is 27.6 Å². The molecule has 1 unspecified atom stereocenters. The third-order valence-corrected chi connectivity index (χ3v) is 7.59. The van der Waals surface area contributed by atoms with E-state index in [2.05, 4.69) is 9.97 Å². The molecule has 164 valence electrons. The number of aliphatic hydroxyl groups excluding tert-OH is 1. The van der Waals surface area contributed by atoms with Crippen LogP contribution in [0.4, 0.5) is 0 Å². The molecule has 0 saturated heterocycles. The van der Waals surface area contributed by atoms with E-state index in [1.54, 1.807) is 25.4 Å². The fraction of sp³-hybridized carbons (Fsp3) is 0.120. The van der Waals surface area contributed by atoms with E-state index in [1.807, 2.05) is 53.9 Å². The first-order valence-electron chi connectivity index (χ1n) is 10.3. The van der Waals surface area contributed by atoms with Crippen LogP contribution in [0.15, 0.2) is 83.7 Å². The zero-order valence-corrected chi connectivity index (χ0v) is 19.3. The zero-order valence-electron chi connectivity index (χ0n) is 17.6. The van der Waals surface area contributed by atoms with Crippen molar-refractivity contribution in [1.29, 1.82) is 0 Å². The molecule has 4 aromatic rings. The molecule has 0 radical (unpaired) electrons. The average molecular weight is 474 g/mol. The summed E-state index contributed by atoms with van der Waals surface area (Å²) in [6.07, 6.45) is 3.34. The molecular weight excluding hydrogens is 454 g/mol. The van der Waals surface area contributed by atoms with Gasteiger partial charge in [-0.1, -0.05) is 42.5 Å². The first-order chi connectivity index (χ1) is 16.0. The van der Waals surface area contributed by atoms with Gasteiger partial charge in [0.15, 0.2) is 5.76 Å². The van der Waals surface area contributed by atoms with E-state index in [-0.39, 0.29) is 17.9 Å². The van der Waals surface area contributed by atoms with Gasteiger partial charge >= 0.3 is 0 Å². The summed E-state index contributed by atoms with van der Waals surface area (Å²) in [5.74, 6) is -1.44. The molecule has 1 aliphatic rings. The highest BCUT2D eigenvalue weighted by molar-refractivity contribution is 7.17. The number of hydrogen-bond acceptors (Lipinski definition) is 7. The Morgan fingerprint density at radius 3 is 2.64 bits per heavy atom. The maximum absolute atomic E-state index is 13.7. The normalized spacial score (nSPS) is 16.0. The van der Waals surface area contributed by atoms with Crippen molar-refractivity contribution in [2.75, 3.05) is 0 Å². The second-order valence-corrected chi connectivity index (χ2v) is 9.58. The van der Waals surface area contributed by atoms with Gasteiger partial charge in [0.25, 0.3) is 5.91 Å². The molecule has 0 fully saturated rings. The Hall–Kier alpha value is -3.62. The number of aliphatic hydroxyl groups is 1. The Morgan fingerprint density at radius 2 is 1.94 bits per heavy atom. The van der Waals surface area contributed by atoms with E-state index in [0.29, 0.717) is 10.6 Å². The number of aromatic nitrogens is 2. The molecule has 6 nitrogen and oxygen atoms in total. The van der Waals surface area contributed by atoms with Crippen LogP contribution in [-0.2, 0) is 11.3 Å². The van der Waals surface area contributed by atoms with E-state index in [9.17, 15) is 14.7 Å². The first kappa shape index (κ1) is 21.2. The number of rotatable bonds is 6. The Bertz CT molecular complexity index is 1350. The number of nitrogens with zero attached hydrogens (tertiary/aromatic N) is 3. The maximum atomic E-state index is 13.7. The SMILES string of the molecule is Cc1nc(-c2ccccc2)sc1C(=O)C1=C(O)C(=O)N(Cc2cccnc2)C1c1cccs1. The molecule has 0 saturated carbocycles. The van der Waals surface area contributed by atoms with E-state index in [0.717, 1.165) is 21.0 Å². The van der Waals surface area contributed by atoms with E-state index < -0.39 is 17.7 Å². The molecule has 4 heterocycles. The maximum Gasteiger partial charge on any atom is 0.290 e. The molecule has 1 aliphatic heterocycles. The topological polar surface area (TPSA) is 83.4 Å². The van der Waals surface area contributed by atoms with Gasteiger partial charge in [-0.2, -0.15) is 0 Å². The molecule has 1 atom stereocenters. The minimum atomic E-state index is -0.674. The highest BCUT2D eigenvalue weighted by atomic mass is 32.1. The highest BCUT2D eigenvalue weighted by Crippen LogP contribution is 2.43. The van der Waals surface area contributed by atoms with Gasteiger partial charge in [0.2, 0.25) is 5.78 Å². The van der Waals surface area contributed by atoms with Crippen molar-refractivity contribution < 1.29 is 14.7 Å². The number of carbonyl (C=O) groups excluding carboxylic acids is 2. The minimum absolute atomic E-state index is 0.0951. The van der Waals surface area contributed by atoms with Crippen LogP contribution in [0.3, 0.4) is 0 Å². The molecule has 8 heteroatoms. The first-order valence-corrected chi connectivity index (χ1v) is 12.0. The van der Waals surface area contributed by atoms with Gasteiger partial charge in [-0.25, -0.2) is 4.98 Å². The van der Waals surface area contributed by atoms with E-state index in [4.69, 9.17) is 0 Å². The van der Waals surface area contributed by atoms with E-state index >= 15 is 0 Å². The number of amides is 1. The molecule has 3 aromatic heterocycles. The van der Waals surface area contributed by atoms with Crippen LogP contribution < -0.4 is 0 Å². The minimum Gasteiger partial charge on any atom is -0.503 e. The number of carbonyl (C=O) groups is 2. The zero-order chi connectivity index (χ0) is 22.9. The van der Waals surface area contributed by atoms with Gasteiger partial charge in [-0.3, -0.25) is 14.6 Å². The summed E-state index contributed by atoms with van der Waals surface area (Å²) in [5, 5.41) is 13.5. The lowest BCUT2D eigenvalue weighted by molar-refractivity contribution is -0.130. The van der Waals surface area contributed by atoms with Crippen LogP contribution in [0.5, 0.6) is 0 Å². The highest BCUT2D eigenvalue weighted by Gasteiger charge is 2.45. The number of hydrogen-bond donors (Lipinski definition) is 1. The Kier molecular flexibility index (Phi) is 5.62. The number of benzene rings is 1. The van der Waals surface area contributed by atoms with Crippen molar-refractivity contribution in [3.8, 4) is 10.6 Å². The Labute approximate surface area is 198 Å². The van der Waals surface area contributed by atoms with Gasteiger partial charge in [-0.15, -0.1) is 22.7 Å². The third-order valence-electron chi connectivity index (χ3n) is 5.46. The van der Waals surface area contributed by atoms with Gasteiger partial charge in [0.05, 0.1) is 16.1 Å². The van der Waals surface area contributed by atoms with Gasteiger partial charge < -0.3 is 10.0 Å². The van der Waals surface area contributed by atoms with Crippen molar-refractivity contribution in [3.05, 3.63) is 105 Å². The summed E-state index contributed by atoms with van der Waals surface area (Å²) in [7, 11) is 0. The summed E-state index contributed by atoms with van der Waals surface area (Å²) in [4.78, 5) is 38.3. The van der Waals surface area contributed by atoms with Crippen molar-refractivity contribution in [2.45, 2.75) is 19.5 Å². The lowest BCUT2D eigenvalue weighted by Gasteiger charge is -2.25. The molecule has 0 spiro atoms. The third kappa shape index (κ3) is 3.88. The molecular formula is C25H19N3O3S2. The molecule has 33 heavy (non-hydrogen) atoms. The van der Waals surface area contributed by atoms with Crippen molar-refractivity contribution >= 4 is 34.4 Å². The summed E-state index contributed by atoms with van der Waals surface area (Å²) < 4.78 is 0. The Balaban J connectivity index is 1.55. The van der Waals surface area contributed by atoms with Crippen LogP contribution in [0.1, 0.15) is 31.8 Å². The summed E-state index contributed by atoms with van der Waals surface area (Å²) in [6.45, 7) is 2.01. The van der Waals surface area contributed by atoms with Gasteiger partial charge in [0.1, 0.15) is 11.0 Å². The fourth-order valence-corrected chi connectivity index (χ4v) is 5.78. The quantitative estimate of drug-likeness (QED) is 0.382. The molecule has 0 aliphatic carbocycles. The smallest absolute Gasteiger partial charge is 0.290 e. The average Bonchev–Trinajstić information content (AvgIpc) is 3.56. The molecule has 1 aromatic carbocycles. The predicted molar refractivity (Wildman–Crippen MR) is 128 cm³/mol. The second-order valence-electron chi connectivity index (χ2n) is 7.60. The predicted octanol–water partition coefficient (Wildman–Crippen LogP) is 5.35.